The normalized spacial score (nSPS) is 40.7. The molecular formula is C29H45NO3. The fraction of sp³-hybridized carbons (Fsp3) is 0.862. The van der Waals surface area contributed by atoms with E-state index in [2.05, 4.69) is 39.8 Å². The molecule has 0 amide bonds. The molecule has 0 aliphatic heterocycles. The Bertz CT molecular complexity index is 812. The number of carbonyl (C=O) groups is 1. The highest BCUT2D eigenvalue weighted by Gasteiger charge is 2.84. The third kappa shape index (κ3) is 3.35. The van der Waals surface area contributed by atoms with E-state index in [1.165, 1.54) is 38.5 Å². The van der Waals surface area contributed by atoms with E-state index in [4.69, 9.17) is 4.74 Å². The Morgan fingerprint density at radius 3 is 2.52 bits per heavy atom. The van der Waals surface area contributed by atoms with Gasteiger partial charge in [-0.1, -0.05) is 84.3 Å². The molecule has 0 aromatic carbocycles. The van der Waals surface area contributed by atoms with Crippen molar-refractivity contribution in [1.29, 1.82) is 5.26 Å². The lowest BCUT2D eigenvalue weighted by molar-refractivity contribution is -0.179. The van der Waals surface area contributed by atoms with E-state index >= 15 is 0 Å². The lowest BCUT2D eigenvalue weighted by Crippen LogP contribution is -2.62. The summed E-state index contributed by atoms with van der Waals surface area (Å²) in [6.07, 6.45) is 14.7. The summed E-state index contributed by atoms with van der Waals surface area (Å²) in [5.74, 6) is 0.744. The summed E-state index contributed by atoms with van der Waals surface area (Å²) >= 11 is 0. The minimum atomic E-state index is -1.08. The fourth-order valence-electron chi connectivity index (χ4n) is 8.95. The number of fused-ring (bicyclic) bond motifs is 2. The van der Waals surface area contributed by atoms with Gasteiger partial charge in [0.05, 0.1) is 18.1 Å². The van der Waals surface area contributed by atoms with Crippen LogP contribution in [0.4, 0.5) is 0 Å². The van der Waals surface area contributed by atoms with Crippen LogP contribution >= 0.6 is 0 Å². The summed E-state index contributed by atoms with van der Waals surface area (Å²) in [5.41, 5.74) is -1.31. The average molecular weight is 456 g/mol. The van der Waals surface area contributed by atoms with Gasteiger partial charge >= 0.3 is 5.97 Å². The molecule has 184 valence electrons. The van der Waals surface area contributed by atoms with Gasteiger partial charge in [0.2, 0.25) is 0 Å². The van der Waals surface area contributed by atoms with E-state index in [-0.39, 0.29) is 17.8 Å². The van der Waals surface area contributed by atoms with Crippen LogP contribution in [0, 0.1) is 57.2 Å². The lowest BCUT2D eigenvalue weighted by atomic mass is 9.43. The first kappa shape index (κ1) is 24.8. The number of carboxylic acids is 1. The number of nitrogens with zero attached hydrogens (tertiary/aromatic N) is 1. The van der Waals surface area contributed by atoms with Crippen molar-refractivity contribution in [3.8, 4) is 6.07 Å². The second kappa shape index (κ2) is 9.37. The Morgan fingerprint density at radius 1 is 1.18 bits per heavy atom. The third-order valence-electron chi connectivity index (χ3n) is 10.3. The van der Waals surface area contributed by atoms with E-state index in [0.717, 1.165) is 31.3 Å². The molecule has 4 heteroatoms. The maximum atomic E-state index is 13.4. The molecule has 1 N–H and O–H groups in total. The Balaban J connectivity index is 1.57. The van der Waals surface area contributed by atoms with Gasteiger partial charge in [-0.15, -0.1) is 0 Å². The van der Waals surface area contributed by atoms with Gasteiger partial charge in [-0.3, -0.25) is 4.79 Å². The van der Waals surface area contributed by atoms with Crippen molar-refractivity contribution in [2.24, 2.45) is 45.8 Å². The number of aliphatic carboxylic acids is 1. The summed E-state index contributed by atoms with van der Waals surface area (Å²) in [6, 6.07) is 2.72. The average Bonchev–Trinajstić information content (AvgIpc) is 3.35. The molecule has 3 saturated carbocycles. The van der Waals surface area contributed by atoms with Crippen molar-refractivity contribution in [1.82, 2.24) is 0 Å². The summed E-state index contributed by atoms with van der Waals surface area (Å²) in [5, 5.41) is 21.7. The number of allylic oxidation sites excluding steroid dienone is 1. The van der Waals surface area contributed by atoms with Crippen LogP contribution in [0.15, 0.2) is 11.6 Å². The summed E-state index contributed by atoms with van der Waals surface area (Å²) in [6.45, 7) is 9.98. The molecule has 4 aliphatic rings. The van der Waals surface area contributed by atoms with Crippen LogP contribution < -0.4 is 0 Å². The molecule has 7 atom stereocenters. The maximum absolute atomic E-state index is 13.4. The van der Waals surface area contributed by atoms with E-state index < -0.39 is 22.2 Å². The minimum absolute atomic E-state index is 0.136. The van der Waals surface area contributed by atoms with E-state index in [1.54, 1.807) is 0 Å². The van der Waals surface area contributed by atoms with E-state index in [9.17, 15) is 15.2 Å². The first-order chi connectivity index (χ1) is 15.8. The van der Waals surface area contributed by atoms with Crippen molar-refractivity contribution >= 4 is 5.97 Å². The van der Waals surface area contributed by atoms with Crippen LogP contribution in [0.3, 0.4) is 0 Å². The van der Waals surface area contributed by atoms with Gasteiger partial charge in [0.15, 0.2) is 0 Å². The third-order valence-corrected chi connectivity index (χ3v) is 10.3. The Morgan fingerprint density at radius 2 is 1.88 bits per heavy atom. The van der Waals surface area contributed by atoms with Crippen LogP contribution in [0.2, 0.25) is 0 Å². The molecule has 0 spiro atoms. The minimum Gasteiger partial charge on any atom is -0.481 e. The first-order valence-electron chi connectivity index (χ1n) is 13.8. The molecule has 4 bridgehead atoms. The van der Waals surface area contributed by atoms with Crippen molar-refractivity contribution in [3.05, 3.63) is 11.6 Å². The van der Waals surface area contributed by atoms with Crippen LogP contribution in [0.5, 0.6) is 0 Å². The summed E-state index contributed by atoms with van der Waals surface area (Å²) in [7, 11) is 0. The number of hydrogen-bond acceptors (Lipinski definition) is 3. The second-order valence-corrected chi connectivity index (χ2v) is 12.1. The van der Waals surface area contributed by atoms with Crippen molar-refractivity contribution in [2.75, 3.05) is 13.2 Å². The van der Waals surface area contributed by atoms with Crippen LogP contribution in [-0.4, -0.2) is 24.3 Å². The number of hydrogen-bond donors (Lipinski definition) is 1. The Hall–Kier alpha value is -1.34. The van der Waals surface area contributed by atoms with Gasteiger partial charge in [0.1, 0.15) is 5.41 Å². The van der Waals surface area contributed by atoms with Crippen LogP contribution in [0.25, 0.3) is 0 Å². The highest BCUT2D eigenvalue weighted by molar-refractivity contribution is 5.85. The van der Waals surface area contributed by atoms with Gasteiger partial charge in [-0.05, 0) is 55.3 Å². The number of rotatable bonds is 12. The zero-order chi connectivity index (χ0) is 23.9. The van der Waals surface area contributed by atoms with Gasteiger partial charge < -0.3 is 9.84 Å². The number of ether oxygens (including phenoxy) is 1. The predicted molar refractivity (Wildman–Crippen MR) is 130 cm³/mol. The van der Waals surface area contributed by atoms with Crippen LogP contribution in [0.1, 0.15) is 98.3 Å². The molecule has 0 saturated heterocycles. The molecule has 3 fully saturated rings. The highest BCUT2D eigenvalue weighted by atomic mass is 16.5. The fourth-order valence-corrected chi connectivity index (χ4v) is 8.95. The topological polar surface area (TPSA) is 70.3 Å². The maximum Gasteiger partial charge on any atom is 0.316 e. The molecule has 0 aromatic heterocycles. The number of carboxylic acid groups (broad SMARTS) is 1. The van der Waals surface area contributed by atoms with Crippen LogP contribution in [-0.2, 0) is 9.53 Å². The standard InChI is InChI=1S/C29H45NO3/c1-5-6-7-8-9-10-11-14-33-19-28-17-23-21(4)12-13-24(23)27(18-30)16-22(28)15-25(20(2)3)29(27,28)26(31)32/h15,20-24H,5-14,16-17,19H2,1-4H3,(H,31,32). The first-order valence-corrected chi connectivity index (χ1v) is 13.8. The molecule has 33 heavy (non-hydrogen) atoms. The quantitative estimate of drug-likeness (QED) is 0.254. The highest BCUT2D eigenvalue weighted by Crippen LogP contribution is 2.83. The van der Waals surface area contributed by atoms with Gasteiger partial charge in [-0.2, -0.15) is 5.26 Å². The lowest BCUT2D eigenvalue weighted by Gasteiger charge is -2.57. The molecule has 0 aromatic rings. The van der Waals surface area contributed by atoms with Crippen molar-refractivity contribution in [2.45, 2.75) is 98.3 Å². The van der Waals surface area contributed by atoms with E-state index in [1.807, 2.05) is 0 Å². The molecule has 7 unspecified atom stereocenters. The number of unbranched alkanes of at least 4 members (excludes halogenated alkanes) is 6. The monoisotopic (exact) mass is 455 g/mol. The second-order valence-electron chi connectivity index (χ2n) is 12.1. The van der Waals surface area contributed by atoms with Gasteiger partial charge in [0.25, 0.3) is 0 Å². The largest absolute Gasteiger partial charge is 0.481 e. The Kier molecular flexibility index (Phi) is 7.03. The molecular weight excluding hydrogens is 410 g/mol. The van der Waals surface area contributed by atoms with E-state index in [0.29, 0.717) is 31.5 Å². The SMILES string of the molecule is CCCCCCCCCOCC12CC3C(C)CCC3C3(C#N)CC1C=C(C(C)C)C32C(=O)O. The van der Waals surface area contributed by atoms with Gasteiger partial charge in [-0.25, -0.2) is 0 Å². The van der Waals surface area contributed by atoms with Gasteiger partial charge in [0, 0.05) is 12.0 Å². The summed E-state index contributed by atoms with van der Waals surface area (Å²) < 4.78 is 6.37. The molecule has 4 aliphatic carbocycles. The smallest absolute Gasteiger partial charge is 0.316 e. The number of nitriles is 1. The molecule has 0 radical (unpaired) electrons. The van der Waals surface area contributed by atoms with Crippen molar-refractivity contribution in [3.63, 3.8) is 0 Å². The zero-order valence-electron chi connectivity index (χ0n) is 21.4. The van der Waals surface area contributed by atoms with Crippen molar-refractivity contribution < 1.29 is 14.6 Å². The zero-order valence-corrected chi connectivity index (χ0v) is 21.4. The molecule has 4 nitrogen and oxygen atoms in total. The molecule has 4 rings (SSSR count). The predicted octanol–water partition coefficient (Wildman–Crippen LogP) is 7.00. The summed E-state index contributed by atoms with van der Waals surface area (Å²) in [4.78, 5) is 13.4. The molecule has 0 heterocycles. The Labute approximate surface area is 201 Å².